The van der Waals surface area contributed by atoms with Gasteiger partial charge in [0.1, 0.15) is 0 Å². The van der Waals surface area contributed by atoms with Crippen molar-refractivity contribution < 1.29 is 4.79 Å². The van der Waals surface area contributed by atoms with Crippen LogP contribution in [0.3, 0.4) is 0 Å². The Balaban J connectivity index is 2.26. The van der Waals surface area contributed by atoms with E-state index in [4.69, 9.17) is 5.73 Å². The number of carbonyl (C=O) groups excluding carboxylic acids is 1. The second kappa shape index (κ2) is 5.45. The number of anilines is 2. The molecule has 0 aromatic heterocycles. The van der Waals surface area contributed by atoms with Crippen molar-refractivity contribution in [1.82, 2.24) is 0 Å². The van der Waals surface area contributed by atoms with E-state index in [0.717, 1.165) is 15.6 Å². The largest absolute Gasteiger partial charge is 0.398 e. The molecule has 0 aliphatic rings. The van der Waals surface area contributed by atoms with Gasteiger partial charge in [-0.05, 0) is 49.2 Å². The van der Waals surface area contributed by atoms with Gasteiger partial charge in [0.05, 0.1) is 0 Å². The van der Waals surface area contributed by atoms with Gasteiger partial charge < -0.3 is 11.1 Å². The van der Waals surface area contributed by atoms with Crippen molar-refractivity contribution in [3.63, 3.8) is 0 Å². The molecule has 2 aromatic rings. The summed E-state index contributed by atoms with van der Waals surface area (Å²) in [7, 11) is 0. The summed E-state index contributed by atoms with van der Waals surface area (Å²) in [6, 6.07) is 11.1. The second-order valence-corrected chi connectivity index (χ2v) is 5.29. The van der Waals surface area contributed by atoms with Crippen molar-refractivity contribution in [3.05, 3.63) is 57.6 Å². The molecular formula is C15H15BrN2O. The van der Waals surface area contributed by atoms with Gasteiger partial charge in [0.2, 0.25) is 0 Å². The standard InChI is InChI=1S/C15H15BrN2O/c1-9-6-7-11(8-14(9)17)18-15(19)12-4-3-5-13(16)10(12)2/h3-8H,17H2,1-2H3,(H,18,19). The Morgan fingerprint density at radius 1 is 1.21 bits per heavy atom. The predicted octanol–water partition coefficient (Wildman–Crippen LogP) is 3.90. The molecule has 0 saturated heterocycles. The quantitative estimate of drug-likeness (QED) is 0.825. The molecule has 3 N–H and O–H groups in total. The third kappa shape index (κ3) is 2.96. The Bertz CT molecular complexity index is 638. The SMILES string of the molecule is Cc1ccc(NC(=O)c2cccc(Br)c2C)cc1N. The van der Waals surface area contributed by atoms with Crippen molar-refractivity contribution in [1.29, 1.82) is 0 Å². The highest BCUT2D eigenvalue weighted by Crippen LogP contribution is 2.22. The van der Waals surface area contributed by atoms with Gasteiger partial charge >= 0.3 is 0 Å². The number of hydrogen-bond acceptors (Lipinski definition) is 2. The van der Waals surface area contributed by atoms with Gasteiger partial charge in [0.25, 0.3) is 5.91 Å². The van der Waals surface area contributed by atoms with E-state index >= 15 is 0 Å². The van der Waals surface area contributed by atoms with E-state index in [9.17, 15) is 4.79 Å². The monoisotopic (exact) mass is 318 g/mol. The summed E-state index contributed by atoms with van der Waals surface area (Å²) in [5, 5.41) is 2.85. The van der Waals surface area contributed by atoms with E-state index in [2.05, 4.69) is 21.2 Å². The number of nitrogens with two attached hydrogens (primary N) is 1. The molecule has 0 saturated carbocycles. The van der Waals surface area contributed by atoms with Crippen LogP contribution in [-0.2, 0) is 0 Å². The lowest BCUT2D eigenvalue weighted by Crippen LogP contribution is -2.13. The molecule has 0 bridgehead atoms. The minimum atomic E-state index is -0.137. The smallest absolute Gasteiger partial charge is 0.255 e. The minimum Gasteiger partial charge on any atom is -0.398 e. The molecule has 0 aliphatic carbocycles. The fraction of sp³-hybridized carbons (Fsp3) is 0.133. The number of hydrogen-bond donors (Lipinski definition) is 2. The molecule has 98 valence electrons. The number of rotatable bonds is 2. The zero-order valence-corrected chi connectivity index (χ0v) is 12.4. The summed E-state index contributed by atoms with van der Waals surface area (Å²) in [5.74, 6) is -0.137. The Morgan fingerprint density at radius 2 is 1.95 bits per heavy atom. The summed E-state index contributed by atoms with van der Waals surface area (Å²) in [6.07, 6.45) is 0. The van der Waals surface area contributed by atoms with Gasteiger partial charge in [-0.1, -0.05) is 28.1 Å². The minimum absolute atomic E-state index is 0.137. The molecule has 4 heteroatoms. The molecule has 0 atom stereocenters. The van der Waals surface area contributed by atoms with E-state index in [1.807, 2.05) is 38.1 Å². The average Bonchev–Trinajstić information content (AvgIpc) is 2.37. The van der Waals surface area contributed by atoms with Crippen LogP contribution in [0.25, 0.3) is 0 Å². The molecule has 0 unspecified atom stereocenters. The number of benzene rings is 2. The molecule has 19 heavy (non-hydrogen) atoms. The number of nitrogen functional groups attached to an aromatic ring is 1. The maximum absolute atomic E-state index is 12.2. The molecule has 0 aliphatic heterocycles. The lowest BCUT2D eigenvalue weighted by molar-refractivity contribution is 0.102. The van der Waals surface area contributed by atoms with Crippen LogP contribution in [0.2, 0.25) is 0 Å². The maximum atomic E-state index is 12.2. The van der Waals surface area contributed by atoms with Crippen LogP contribution >= 0.6 is 15.9 Å². The van der Waals surface area contributed by atoms with Gasteiger partial charge in [-0.15, -0.1) is 0 Å². The van der Waals surface area contributed by atoms with Crippen LogP contribution in [0, 0.1) is 13.8 Å². The predicted molar refractivity (Wildman–Crippen MR) is 82.4 cm³/mol. The Morgan fingerprint density at radius 3 is 2.63 bits per heavy atom. The number of amides is 1. The molecule has 0 fully saturated rings. The first kappa shape index (κ1) is 13.6. The lowest BCUT2D eigenvalue weighted by Gasteiger charge is -2.10. The highest BCUT2D eigenvalue weighted by Gasteiger charge is 2.11. The van der Waals surface area contributed by atoms with Crippen LogP contribution in [0.4, 0.5) is 11.4 Å². The maximum Gasteiger partial charge on any atom is 0.255 e. The summed E-state index contributed by atoms with van der Waals surface area (Å²) < 4.78 is 0.920. The van der Waals surface area contributed by atoms with E-state index in [0.29, 0.717) is 16.9 Å². The third-order valence-corrected chi connectivity index (χ3v) is 3.91. The fourth-order valence-electron chi connectivity index (χ4n) is 1.77. The topological polar surface area (TPSA) is 55.1 Å². The third-order valence-electron chi connectivity index (χ3n) is 3.05. The first-order valence-corrected chi connectivity index (χ1v) is 6.71. The molecule has 2 aromatic carbocycles. The average molecular weight is 319 g/mol. The first-order chi connectivity index (χ1) is 8.99. The van der Waals surface area contributed by atoms with Crippen molar-refractivity contribution in [2.75, 3.05) is 11.1 Å². The fourth-order valence-corrected chi connectivity index (χ4v) is 2.14. The van der Waals surface area contributed by atoms with Crippen LogP contribution in [0.15, 0.2) is 40.9 Å². The number of carbonyl (C=O) groups is 1. The highest BCUT2D eigenvalue weighted by atomic mass is 79.9. The number of nitrogens with one attached hydrogen (secondary N) is 1. The summed E-state index contributed by atoms with van der Waals surface area (Å²) in [6.45, 7) is 3.84. The zero-order valence-electron chi connectivity index (χ0n) is 10.8. The summed E-state index contributed by atoms with van der Waals surface area (Å²) in [5.41, 5.74) is 9.76. The van der Waals surface area contributed by atoms with Gasteiger partial charge in [0, 0.05) is 21.4 Å². The van der Waals surface area contributed by atoms with E-state index in [1.165, 1.54) is 0 Å². The van der Waals surface area contributed by atoms with E-state index in [-0.39, 0.29) is 5.91 Å². The van der Waals surface area contributed by atoms with Gasteiger partial charge in [-0.3, -0.25) is 4.79 Å². The van der Waals surface area contributed by atoms with Gasteiger partial charge in [-0.25, -0.2) is 0 Å². The molecule has 1 amide bonds. The van der Waals surface area contributed by atoms with Crippen LogP contribution in [0.5, 0.6) is 0 Å². The highest BCUT2D eigenvalue weighted by molar-refractivity contribution is 9.10. The Hall–Kier alpha value is -1.81. The first-order valence-electron chi connectivity index (χ1n) is 5.91. The van der Waals surface area contributed by atoms with Crippen LogP contribution in [0.1, 0.15) is 21.5 Å². The Labute approximate surface area is 121 Å². The summed E-state index contributed by atoms with van der Waals surface area (Å²) >= 11 is 3.42. The molecule has 0 heterocycles. The van der Waals surface area contributed by atoms with E-state index in [1.54, 1.807) is 12.1 Å². The number of aryl methyl sites for hydroxylation is 1. The molecule has 2 rings (SSSR count). The summed E-state index contributed by atoms with van der Waals surface area (Å²) in [4.78, 5) is 12.2. The van der Waals surface area contributed by atoms with Crippen molar-refractivity contribution in [2.24, 2.45) is 0 Å². The molecular weight excluding hydrogens is 304 g/mol. The van der Waals surface area contributed by atoms with Gasteiger partial charge in [0.15, 0.2) is 0 Å². The lowest BCUT2D eigenvalue weighted by atomic mass is 10.1. The Kier molecular flexibility index (Phi) is 3.90. The molecule has 0 radical (unpaired) electrons. The molecule has 3 nitrogen and oxygen atoms in total. The number of halogens is 1. The van der Waals surface area contributed by atoms with Crippen molar-refractivity contribution >= 4 is 33.2 Å². The van der Waals surface area contributed by atoms with Crippen LogP contribution in [-0.4, -0.2) is 5.91 Å². The second-order valence-electron chi connectivity index (χ2n) is 4.44. The normalized spacial score (nSPS) is 10.3. The molecule has 0 spiro atoms. The van der Waals surface area contributed by atoms with Crippen molar-refractivity contribution in [3.8, 4) is 0 Å². The van der Waals surface area contributed by atoms with Crippen molar-refractivity contribution in [2.45, 2.75) is 13.8 Å². The van der Waals surface area contributed by atoms with E-state index < -0.39 is 0 Å². The van der Waals surface area contributed by atoms with Gasteiger partial charge in [-0.2, -0.15) is 0 Å². The zero-order chi connectivity index (χ0) is 14.0. The van der Waals surface area contributed by atoms with Crippen LogP contribution < -0.4 is 11.1 Å².